The third-order valence-electron chi connectivity index (χ3n) is 3.54. The van der Waals surface area contributed by atoms with Gasteiger partial charge >= 0.3 is 0 Å². The average molecular weight is 237 g/mol. The number of hydrogen-bond donors (Lipinski definition) is 1. The van der Waals surface area contributed by atoms with Crippen LogP contribution in [0.2, 0.25) is 0 Å². The molecule has 1 aromatic heterocycles. The first-order valence-electron chi connectivity index (χ1n) is 6.63. The Morgan fingerprint density at radius 3 is 2.88 bits per heavy atom. The number of piperidine rings is 1. The SMILES string of the molecule is CNC(C)c1coc(CCN2CCCCC2)n1. The van der Waals surface area contributed by atoms with Gasteiger partial charge in [-0.25, -0.2) is 4.98 Å². The summed E-state index contributed by atoms with van der Waals surface area (Å²) in [6, 6.07) is 0.266. The molecule has 2 rings (SSSR count). The molecule has 0 radical (unpaired) electrons. The van der Waals surface area contributed by atoms with E-state index in [1.54, 1.807) is 6.26 Å². The van der Waals surface area contributed by atoms with Crippen LogP contribution in [0.3, 0.4) is 0 Å². The van der Waals surface area contributed by atoms with E-state index in [0.717, 1.165) is 24.6 Å². The van der Waals surface area contributed by atoms with Crippen LogP contribution < -0.4 is 5.32 Å². The molecule has 0 amide bonds. The normalized spacial score (nSPS) is 19.4. The highest BCUT2D eigenvalue weighted by atomic mass is 16.3. The van der Waals surface area contributed by atoms with E-state index in [1.807, 2.05) is 7.05 Å². The lowest BCUT2D eigenvalue weighted by Crippen LogP contribution is -2.31. The summed E-state index contributed by atoms with van der Waals surface area (Å²) in [4.78, 5) is 7.02. The third kappa shape index (κ3) is 3.54. The molecule has 1 N–H and O–H groups in total. The highest BCUT2D eigenvalue weighted by molar-refractivity contribution is 5.02. The standard InChI is InChI=1S/C13H23N3O/c1-11(14-2)12-10-17-13(15-12)6-9-16-7-4-3-5-8-16/h10-11,14H,3-9H2,1-2H3. The van der Waals surface area contributed by atoms with Gasteiger partial charge in [-0.1, -0.05) is 6.42 Å². The summed E-state index contributed by atoms with van der Waals surface area (Å²) in [6.07, 6.45) is 6.77. The minimum Gasteiger partial charge on any atom is -0.449 e. The third-order valence-corrected chi connectivity index (χ3v) is 3.54. The Bertz CT molecular complexity index is 331. The number of aromatic nitrogens is 1. The van der Waals surface area contributed by atoms with E-state index < -0.39 is 0 Å². The van der Waals surface area contributed by atoms with Crippen molar-refractivity contribution in [3.63, 3.8) is 0 Å². The molecule has 1 fully saturated rings. The van der Waals surface area contributed by atoms with E-state index in [1.165, 1.54) is 32.4 Å². The predicted octanol–water partition coefficient (Wildman–Crippen LogP) is 1.98. The molecule has 1 saturated heterocycles. The molecule has 4 heteroatoms. The second kappa shape index (κ2) is 6.17. The lowest BCUT2D eigenvalue weighted by atomic mass is 10.1. The Labute approximate surface area is 103 Å². The van der Waals surface area contributed by atoms with Crippen LogP contribution in [-0.2, 0) is 6.42 Å². The molecule has 0 saturated carbocycles. The molecule has 17 heavy (non-hydrogen) atoms. The highest BCUT2D eigenvalue weighted by Gasteiger charge is 2.13. The van der Waals surface area contributed by atoms with Crippen LogP contribution in [0.1, 0.15) is 43.8 Å². The van der Waals surface area contributed by atoms with Gasteiger partial charge in [-0.05, 0) is 39.9 Å². The van der Waals surface area contributed by atoms with Crippen molar-refractivity contribution in [1.82, 2.24) is 15.2 Å². The average Bonchev–Trinajstić information content (AvgIpc) is 2.85. The lowest BCUT2D eigenvalue weighted by molar-refractivity contribution is 0.226. The molecular formula is C13H23N3O. The van der Waals surface area contributed by atoms with Gasteiger partial charge in [0.05, 0.1) is 5.69 Å². The van der Waals surface area contributed by atoms with E-state index >= 15 is 0 Å². The number of oxazole rings is 1. The Morgan fingerprint density at radius 1 is 1.41 bits per heavy atom. The smallest absolute Gasteiger partial charge is 0.195 e. The number of nitrogens with zero attached hydrogens (tertiary/aromatic N) is 2. The first-order valence-corrected chi connectivity index (χ1v) is 6.63. The molecule has 0 aliphatic carbocycles. The van der Waals surface area contributed by atoms with Gasteiger partial charge in [-0.3, -0.25) is 0 Å². The Kier molecular flexibility index (Phi) is 4.57. The molecule has 2 heterocycles. The second-order valence-electron chi connectivity index (χ2n) is 4.83. The van der Waals surface area contributed by atoms with Crippen molar-refractivity contribution in [1.29, 1.82) is 0 Å². The summed E-state index contributed by atoms with van der Waals surface area (Å²) >= 11 is 0. The number of hydrogen-bond acceptors (Lipinski definition) is 4. The molecule has 0 bridgehead atoms. The van der Waals surface area contributed by atoms with Gasteiger partial charge in [0.1, 0.15) is 6.26 Å². The zero-order valence-corrected chi connectivity index (χ0v) is 10.9. The number of nitrogens with one attached hydrogen (secondary N) is 1. The maximum absolute atomic E-state index is 5.50. The largest absolute Gasteiger partial charge is 0.449 e. The molecule has 4 nitrogen and oxygen atoms in total. The van der Waals surface area contributed by atoms with Crippen molar-refractivity contribution in [2.45, 2.75) is 38.6 Å². The molecule has 0 aromatic carbocycles. The first-order chi connectivity index (χ1) is 8.29. The van der Waals surface area contributed by atoms with Crippen molar-refractivity contribution in [3.8, 4) is 0 Å². The topological polar surface area (TPSA) is 41.3 Å². The first kappa shape index (κ1) is 12.6. The minimum atomic E-state index is 0.266. The Morgan fingerprint density at radius 2 is 2.18 bits per heavy atom. The number of likely N-dealkylation sites (tertiary alicyclic amines) is 1. The molecular weight excluding hydrogens is 214 g/mol. The molecule has 0 spiro atoms. The molecule has 1 unspecified atom stereocenters. The van der Waals surface area contributed by atoms with E-state index in [-0.39, 0.29) is 6.04 Å². The predicted molar refractivity (Wildman–Crippen MR) is 68.0 cm³/mol. The zero-order chi connectivity index (χ0) is 12.1. The molecule has 1 aromatic rings. The Hall–Kier alpha value is -0.870. The van der Waals surface area contributed by atoms with Crippen molar-refractivity contribution >= 4 is 0 Å². The van der Waals surface area contributed by atoms with E-state index in [0.29, 0.717) is 0 Å². The van der Waals surface area contributed by atoms with E-state index in [2.05, 4.69) is 22.1 Å². The van der Waals surface area contributed by atoms with Gasteiger partial charge in [-0.15, -0.1) is 0 Å². The fraction of sp³-hybridized carbons (Fsp3) is 0.769. The minimum absolute atomic E-state index is 0.266. The molecule has 1 atom stereocenters. The van der Waals surface area contributed by atoms with Crippen LogP contribution in [0, 0.1) is 0 Å². The van der Waals surface area contributed by atoms with Crippen LogP contribution in [0.15, 0.2) is 10.7 Å². The Balaban J connectivity index is 1.80. The highest BCUT2D eigenvalue weighted by Crippen LogP contribution is 2.13. The zero-order valence-electron chi connectivity index (χ0n) is 10.9. The lowest BCUT2D eigenvalue weighted by Gasteiger charge is -2.25. The van der Waals surface area contributed by atoms with Crippen molar-refractivity contribution in [2.24, 2.45) is 0 Å². The van der Waals surface area contributed by atoms with Crippen molar-refractivity contribution < 1.29 is 4.42 Å². The fourth-order valence-corrected chi connectivity index (χ4v) is 2.22. The fourth-order valence-electron chi connectivity index (χ4n) is 2.22. The monoisotopic (exact) mass is 237 g/mol. The summed E-state index contributed by atoms with van der Waals surface area (Å²) in [6.45, 7) is 5.64. The summed E-state index contributed by atoms with van der Waals surface area (Å²) in [7, 11) is 1.94. The summed E-state index contributed by atoms with van der Waals surface area (Å²) in [5.41, 5.74) is 1.00. The van der Waals surface area contributed by atoms with Gasteiger partial charge in [-0.2, -0.15) is 0 Å². The van der Waals surface area contributed by atoms with Crippen LogP contribution in [0.25, 0.3) is 0 Å². The summed E-state index contributed by atoms with van der Waals surface area (Å²) in [5, 5.41) is 3.17. The molecule has 1 aliphatic heterocycles. The van der Waals surface area contributed by atoms with Crippen LogP contribution in [0.4, 0.5) is 0 Å². The number of rotatable bonds is 5. The van der Waals surface area contributed by atoms with Crippen molar-refractivity contribution in [3.05, 3.63) is 17.8 Å². The van der Waals surface area contributed by atoms with Gasteiger partial charge in [0, 0.05) is 19.0 Å². The van der Waals surface area contributed by atoms with Gasteiger partial charge in [0.2, 0.25) is 0 Å². The molecule has 96 valence electrons. The second-order valence-corrected chi connectivity index (χ2v) is 4.83. The molecule has 1 aliphatic rings. The van der Waals surface area contributed by atoms with Gasteiger partial charge in [0.25, 0.3) is 0 Å². The maximum Gasteiger partial charge on any atom is 0.195 e. The van der Waals surface area contributed by atoms with Gasteiger partial charge < -0.3 is 14.6 Å². The van der Waals surface area contributed by atoms with E-state index in [4.69, 9.17) is 4.42 Å². The van der Waals surface area contributed by atoms with E-state index in [9.17, 15) is 0 Å². The summed E-state index contributed by atoms with van der Waals surface area (Å²) in [5.74, 6) is 0.868. The van der Waals surface area contributed by atoms with Crippen molar-refractivity contribution in [2.75, 3.05) is 26.7 Å². The summed E-state index contributed by atoms with van der Waals surface area (Å²) < 4.78 is 5.50. The maximum atomic E-state index is 5.50. The quantitative estimate of drug-likeness (QED) is 0.850. The van der Waals surface area contributed by atoms with Crippen LogP contribution >= 0.6 is 0 Å². The van der Waals surface area contributed by atoms with Gasteiger partial charge in [0.15, 0.2) is 5.89 Å². The van der Waals surface area contributed by atoms with Crippen LogP contribution in [0.5, 0.6) is 0 Å². The van der Waals surface area contributed by atoms with Crippen LogP contribution in [-0.4, -0.2) is 36.6 Å².